The molecule has 0 bridgehead atoms. The average molecular weight is 309 g/mol. The minimum absolute atomic E-state index is 0.140. The molecule has 4 nitrogen and oxygen atoms in total. The van der Waals surface area contributed by atoms with Gasteiger partial charge in [0.25, 0.3) is 0 Å². The summed E-state index contributed by atoms with van der Waals surface area (Å²) in [4.78, 5) is 10.8. The number of aromatic carboxylic acids is 1. The summed E-state index contributed by atoms with van der Waals surface area (Å²) in [5, 5.41) is 11.7. The van der Waals surface area contributed by atoms with E-state index in [1.165, 1.54) is 12.1 Å². The van der Waals surface area contributed by atoms with Crippen LogP contribution >= 0.6 is 11.6 Å². The van der Waals surface area contributed by atoms with E-state index in [1.807, 2.05) is 0 Å². The van der Waals surface area contributed by atoms with E-state index in [9.17, 15) is 22.4 Å². The minimum Gasteiger partial charge on any atom is -0.478 e. The zero-order valence-electron chi connectivity index (χ0n) is 9.45. The molecule has 2 aromatic rings. The van der Waals surface area contributed by atoms with Gasteiger partial charge < -0.3 is 5.11 Å². The van der Waals surface area contributed by atoms with Crippen LogP contribution in [-0.4, -0.2) is 20.9 Å². The molecule has 1 heterocycles. The number of carboxylic acids is 1. The SMILES string of the molecule is O=C(O)c1cnn(-c2c(F)cccc2Cl)c1C(F)(F)F. The van der Waals surface area contributed by atoms with Gasteiger partial charge in [-0.25, -0.2) is 13.9 Å². The van der Waals surface area contributed by atoms with Gasteiger partial charge in [-0.2, -0.15) is 18.3 Å². The number of halogens is 5. The maximum atomic E-state index is 13.7. The molecule has 0 atom stereocenters. The second kappa shape index (κ2) is 4.78. The van der Waals surface area contributed by atoms with Crippen LogP contribution in [0.2, 0.25) is 5.02 Å². The first-order valence-electron chi connectivity index (χ1n) is 5.06. The van der Waals surface area contributed by atoms with Gasteiger partial charge in [-0.15, -0.1) is 0 Å². The van der Waals surface area contributed by atoms with Crippen LogP contribution in [0, 0.1) is 5.82 Å². The second-order valence-corrected chi connectivity index (χ2v) is 4.10. The Hall–Kier alpha value is -2.09. The number of alkyl halides is 3. The normalized spacial score (nSPS) is 11.7. The third-order valence-electron chi connectivity index (χ3n) is 2.42. The van der Waals surface area contributed by atoms with Gasteiger partial charge >= 0.3 is 12.1 Å². The van der Waals surface area contributed by atoms with Crippen LogP contribution in [0.4, 0.5) is 17.6 Å². The molecule has 1 N–H and O–H groups in total. The van der Waals surface area contributed by atoms with Crippen molar-refractivity contribution in [3.05, 3.63) is 46.5 Å². The molecule has 1 aromatic carbocycles. The molecule has 0 saturated carbocycles. The van der Waals surface area contributed by atoms with Crippen molar-refractivity contribution in [3.8, 4) is 5.69 Å². The Bertz CT molecular complexity index is 661. The molecule has 0 unspecified atom stereocenters. The lowest BCUT2D eigenvalue weighted by atomic mass is 10.2. The number of hydrogen-bond donors (Lipinski definition) is 1. The van der Waals surface area contributed by atoms with Gasteiger partial charge in [0.2, 0.25) is 0 Å². The molecule has 0 aliphatic carbocycles. The number of aromatic nitrogens is 2. The summed E-state index contributed by atoms with van der Waals surface area (Å²) in [6.07, 6.45) is -4.54. The van der Waals surface area contributed by atoms with Gasteiger partial charge in [0.15, 0.2) is 5.69 Å². The van der Waals surface area contributed by atoms with Crippen LogP contribution in [0.25, 0.3) is 5.69 Å². The molecule has 0 aliphatic heterocycles. The van der Waals surface area contributed by atoms with E-state index < -0.39 is 34.9 Å². The first kappa shape index (κ1) is 14.3. The smallest absolute Gasteiger partial charge is 0.434 e. The molecule has 2 rings (SSSR count). The maximum Gasteiger partial charge on any atom is 0.434 e. The van der Waals surface area contributed by atoms with Gasteiger partial charge in [0.05, 0.1) is 11.2 Å². The molecule has 0 fully saturated rings. The number of benzene rings is 1. The first-order chi connectivity index (χ1) is 9.23. The number of carbonyl (C=O) groups is 1. The van der Waals surface area contributed by atoms with E-state index in [-0.39, 0.29) is 9.70 Å². The molecular weight excluding hydrogens is 304 g/mol. The van der Waals surface area contributed by atoms with Crippen molar-refractivity contribution in [1.29, 1.82) is 0 Å². The monoisotopic (exact) mass is 308 g/mol. The summed E-state index contributed by atoms with van der Waals surface area (Å²) in [7, 11) is 0. The van der Waals surface area contributed by atoms with Crippen molar-refractivity contribution in [2.75, 3.05) is 0 Å². The summed E-state index contributed by atoms with van der Waals surface area (Å²) in [6.45, 7) is 0. The van der Waals surface area contributed by atoms with Gasteiger partial charge in [-0.05, 0) is 12.1 Å². The van der Waals surface area contributed by atoms with Gasteiger partial charge in [0, 0.05) is 0 Å². The standard InChI is InChI=1S/C11H5ClF4N2O2/c12-6-2-1-3-7(13)8(6)18-9(11(14,15)16)5(4-17-18)10(19)20/h1-4H,(H,19,20). The highest BCUT2D eigenvalue weighted by Gasteiger charge is 2.41. The van der Waals surface area contributed by atoms with Gasteiger partial charge in [0.1, 0.15) is 17.1 Å². The van der Waals surface area contributed by atoms with Crippen molar-refractivity contribution in [2.45, 2.75) is 6.18 Å². The van der Waals surface area contributed by atoms with Crippen molar-refractivity contribution in [2.24, 2.45) is 0 Å². The highest BCUT2D eigenvalue weighted by atomic mass is 35.5. The number of carboxylic acid groups (broad SMARTS) is 1. The van der Waals surface area contributed by atoms with Crippen molar-refractivity contribution in [3.63, 3.8) is 0 Å². The number of rotatable bonds is 2. The zero-order valence-corrected chi connectivity index (χ0v) is 10.2. The fourth-order valence-electron chi connectivity index (χ4n) is 1.64. The summed E-state index contributed by atoms with van der Waals surface area (Å²) < 4.78 is 52.7. The minimum atomic E-state index is -5.03. The van der Waals surface area contributed by atoms with Crippen LogP contribution < -0.4 is 0 Å². The highest BCUT2D eigenvalue weighted by molar-refractivity contribution is 6.32. The van der Waals surface area contributed by atoms with Crippen LogP contribution in [0.3, 0.4) is 0 Å². The fraction of sp³-hybridized carbons (Fsp3) is 0.0909. The average Bonchev–Trinajstić information content (AvgIpc) is 2.73. The zero-order chi connectivity index (χ0) is 15.1. The van der Waals surface area contributed by atoms with Gasteiger partial charge in [-0.3, -0.25) is 0 Å². The Morgan fingerprint density at radius 2 is 2.00 bits per heavy atom. The lowest BCUT2D eigenvalue weighted by Gasteiger charge is -2.13. The second-order valence-electron chi connectivity index (χ2n) is 3.69. The lowest BCUT2D eigenvalue weighted by Crippen LogP contribution is -2.18. The topological polar surface area (TPSA) is 55.1 Å². The fourth-order valence-corrected chi connectivity index (χ4v) is 1.88. The molecule has 0 saturated heterocycles. The van der Waals surface area contributed by atoms with E-state index in [0.29, 0.717) is 6.20 Å². The molecule has 0 spiro atoms. The van der Waals surface area contributed by atoms with Crippen LogP contribution in [0.15, 0.2) is 24.4 Å². The molecule has 0 aliphatic rings. The Morgan fingerprint density at radius 1 is 1.35 bits per heavy atom. The Morgan fingerprint density at radius 3 is 2.50 bits per heavy atom. The van der Waals surface area contributed by atoms with E-state index in [0.717, 1.165) is 6.07 Å². The van der Waals surface area contributed by atoms with Gasteiger partial charge in [-0.1, -0.05) is 17.7 Å². The first-order valence-corrected chi connectivity index (χ1v) is 5.44. The third kappa shape index (κ3) is 2.34. The predicted octanol–water partition coefficient (Wildman–Crippen LogP) is 3.38. The van der Waals surface area contributed by atoms with Crippen molar-refractivity contribution in [1.82, 2.24) is 9.78 Å². The Kier molecular flexibility index (Phi) is 3.43. The third-order valence-corrected chi connectivity index (χ3v) is 2.72. The summed E-state index contributed by atoms with van der Waals surface area (Å²) in [5.41, 5.74) is -3.34. The Labute approximate surface area is 114 Å². The molecule has 9 heteroatoms. The van der Waals surface area contributed by atoms with Crippen molar-refractivity contribution < 1.29 is 27.5 Å². The quantitative estimate of drug-likeness (QED) is 0.865. The van der Waals surface area contributed by atoms with Crippen LogP contribution in [0.5, 0.6) is 0 Å². The van der Waals surface area contributed by atoms with Crippen LogP contribution in [-0.2, 0) is 6.18 Å². The maximum absolute atomic E-state index is 13.7. The molecule has 0 radical (unpaired) electrons. The molecular formula is C11H5ClF4N2O2. The Balaban J connectivity index is 2.80. The number of hydrogen-bond acceptors (Lipinski definition) is 2. The number of nitrogens with zero attached hydrogens (tertiary/aromatic N) is 2. The van der Waals surface area contributed by atoms with E-state index in [2.05, 4.69) is 5.10 Å². The number of para-hydroxylation sites is 1. The van der Waals surface area contributed by atoms with Crippen LogP contribution in [0.1, 0.15) is 16.1 Å². The summed E-state index contributed by atoms with van der Waals surface area (Å²) in [5.74, 6) is -2.88. The predicted molar refractivity (Wildman–Crippen MR) is 60.5 cm³/mol. The van der Waals surface area contributed by atoms with E-state index in [4.69, 9.17) is 16.7 Å². The molecule has 1 aromatic heterocycles. The molecule has 20 heavy (non-hydrogen) atoms. The summed E-state index contributed by atoms with van der Waals surface area (Å²) >= 11 is 5.66. The highest BCUT2D eigenvalue weighted by Crippen LogP contribution is 2.35. The van der Waals surface area contributed by atoms with E-state index in [1.54, 1.807) is 0 Å². The summed E-state index contributed by atoms with van der Waals surface area (Å²) in [6, 6.07) is 3.27. The molecule has 106 valence electrons. The largest absolute Gasteiger partial charge is 0.478 e. The lowest BCUT2D eigenvalue weighted by molar-refractivity contribution is -0.143. The van der Waals surface area contributed by atoms with Crippen molar-refractivity contribution >= 4 is 17.6 Å². The van der Waals surface area contributed by atoms with E-state index >= 15 is 0 Å². The molecule has 0 amide bonds.